The zero-order valence-electron chi connectivity index (χ0n) is 8.87. The number of halogens is 2. The normalized spacial score (nSPS) is 27.6. The van der Waals surface area contributed by atoms with Gasteiger partial charge in [0.1, 0.15) is 0 Å². The Morgan fingerprint density at radius 3 is 2.94 bits per heavy atom. The highest BCUT2D eigenvalue weighted by Crippen LogP contribution is 2.57. The third-order valence-electron chi connectivity index (χ3n) is 2.79. The van der Waals surface area contributed by atoms with E-state index in [1.54, 1.807) is 25.1 Å². The molecule has 0 aromatic heterocycles. The Bertz CT molecular complexity index is 421. The van der Waals surface area contributed by atoms with Gasteiger partial charge in [-0.3, -0.25) is 4.79 Å². The van der Waals surface area contributed by atoms with E-state index in [0.717, 1.165) is 0 Å². The average molecular weight is 287 g/mol. The summed E-state index contributed by atoms with van der Waals surface area (Å²) in [6.07, 6.45) is 0.217. The smallest absolute Gasteiger partial charge is 0.312 e. The predicted octanol–water partition coefficient (Wildman–Crippen LogP) is 3.20. The monoisotopic (exact) mass is 286 g/mol. The van der Waals surface area contributed by atoms with E-state index >= 15 is 0 Å². The summed E-state index contributed by atoms with van der Waals surface area (Å²) in [6, 6.07) is 7.06. The Hall–Kier alpha value is -0.900. The third-order valence-corrected chi connectivity index (χ3v) is 3.48. The van der Waals surface area contributed by atoms with Crippen LogP contribution in [-0.4, -0.2) is 12.6 Å². The maximum absolute atomic E-state index is 14.4. The summed E-state index contributed by atoms with van der Waals surface area (Å²) in [7, 11) is 0. The Kier molecular flexibility index (Phi) is 3.02. The maximum atomic E-state index is 14.4. The van der Waals surface area contributed by atoms with E-state index in [4.69, 9.17) is 4.74 Å². The molecule has 1 aliphatic rings. The van der Waals surface area contributed by atoms with E-state index in [1.807, 2.05) is 6.07 Å². The lowest BCUT2D eigenvalue weighted by atomic mass is 10.1. The van der Waals surface area contributed by atoms with Crippen molar-refractivity contribution in [3.05, 3.63) is 34.3 Å². The Labute approximate surface area is 102 Å². The summed E-state index contributed by atoms with van der Waals surface area (Å²) in [4.78, 5) is 11.4. The third kappa shape index (κ3) is 1.86. The van der Waals surface area contributed by atoms with Crippen LogP contribution in [-0.2, 0) is 15.2 Å². The lowest BCUT2D eigenvalue weighted by Crippen LogP contribution is -2.14. The minimum atomic E-state index is -1.55. The van der Waals surface area contributed by atoms with Crippen molar-refractivity contribution in [3.63, 3.8) is 0 Å². The molecule has 1 fully saturated rings. The molecule has 0 saturated heterocycles. The molecule has 1 aromatic rings. The van der Waals surface area contributed by atoms with Crippen molar-refractivity contribution in [2.45, 2.75) is 19.0 Å². The van der Waals surface area contributed by atoms with Crippen LogP contribution in [0.3, 0.4) is 0 Å². The van der Waals surface area contributed by atoms with Gasteiger partial charge in [0.2, 0.25) is 0 Å². The van der Waals surface area contributed by atoms with Crippen LogP contribution in [0, 0.1) is 5.92 Å². The van der Waals surface area contributed by atoms with Crippen molar-refractivity contribution in [1.82, 2.24) is 0 Å². The largest absolute Gasteiger partial charge is 0.466 e. The standard InChI is InChI=1S/C12H12BrFO2/c1-2-16-11(15)9-7-12(9,14)8-5-3-4-6-10(8)13/h3-6,9H,2,7H2,1H3. The van der Waals surface area contributed by atoms with Crippen LogP contribution in [0.4, 0.5) is 4.39 Å². The molecule has 1 aromatic carbocycles. The van der Waals surface area contributed by atoms with Gasteiger partial charge in [-0.05, 0) is 13.0 Å². The summed E-state index contributed by atoms with van der Waals surface area (Å²) in [5, 5.41) is 0. The summed E-state index contributed by atoms with van der Waals surface area (Å²) < 4.78 is 19.9. The fourth-order valence-electron chi connectivity index (χ4n) is 1.85. The van der Waals surface area contributed by atoms with Crippen LogP contribution < -0.4 is 0 Å². The van der Waals surface area contributed by atoms with E-state index in [0.29, 0.717) is 16.6 Å². The molecular formula is C12H12BrFO2. The number of carbonyl (C=O) groups excluding carboxylic acids is 1. The molecule has 2 rings (SSSR count). The summed E-state index contributed by atoms with van der Waals surface area (Å²) in [5.74, 6) is -1.09. The molecule has 4 heteroatoms. The van der Waals surface area contributed by atoms with Crippen molar-refractivity contribution in [1.29, 1.82) is 0 Å². The van der Waals surface area contributed by atoms with Gasteiger partial charge in [0.15, 0.2) is 5.67 Å². The van der Waals surface area contributed by atoms with Crippen molar-refractivity contribution in [3.8, 4) is 0 Å². The Morgan fingerprint density at radius 1 is 1.62 bits per heavy atom. The molecule has 16 heavy (non-hydrogen) atoms. The molecule has 0 heterocycles. The molecule has 86 valence electrons. The number of benzene rings is 1. The van der Waals surface area contributed by atoms with Crippen LogP contribution in [0.15, 0.2) is 28.7 Å². The molecule has 0 N–H and O–H groups in total. The topological polar surface area (TPSA) is 26.3 Å². The number of ether oxygens (including phenoxy) is 1. The molecular weight excluding hydrogens is 275 g/mol. The Balaban J connectivity index is 2.19. The lowest BCUT2D eigenvalue weighted by molar-refractivity contribution is -0.145. The van der Waals surface area contributed by atoms with Crippen molar-refractivity contribution >= 4 is 21.9 Å². The first-order valence-corrected chi connectivity index (χ1v) is 5.99. The van der Waals surface area contributed by atoms with Crippen molar-refractivity contribution in [2.24, 2.45) is 5.92 Å². The molecule has 2 unspecified atom stereocenters. The maximum Gasteiger partial charge on any atom is 0.312 e. The van der Waals surface area contributed by atoms with Crippen LogP contribution in [0.1, 0.15) is 18.9 Å². The van der Waals surface area contributed by atoms with E-state index in [9.17, 15) is 9.18 Å². The minimum absolute atomic E-state index is 0.217. The molecule has 1 aliphatic carbocycles. The minimum Gasteiger partial charge on any atom is -0.466 e. The number of hydrogen-bond acceptors (Lipinski definition) is 2. The first kappa shape index (κ1) is 11.6. The second kappa shape index (κ2) is 4.17. The highest BCUT2D eigenvalue weighted by molar-refractivity contribution is 9.10. The SMILES string of the molecule is CCOC(=O)C1CC1(F)c1ccccc1Br. The fourth-order valence-corrected chi connectivity index (χ4v) is 2.46. The van der Waals surface area contributed by atoms with E-state index in [2.05, 4.69) is 15.9 Å². The van der Waals surface area contributed by atoms with Gasteiger partial charge >= 0.3 is 5.97 Å². The quantitative estimate of drug-likeness (QED) is 0.798. The van der Waals surface area contributed by atoms with E-state index in [1.165, 1.54) is 0 Å². The zero-order valence-corrected chi connectivity index (χ0v) is 10.5. The van der Waals surface area contributed by atoms with Crippen LogP contribution >= 0.6 is 15.9 Å². The lowest BCUT2D eigenvalue weighted by Gasteiger charge is -2.09. The summed E-state index contributed by atoms with van der Waals surface area (Å²) in [6.45, 7) is 2.01. The van der Waals surface area contributed by atoms with E-state index < -0.39 is 17.6 Å². The zero-order chi connectivity index (χ0) is 11.8. The molecule has 0 bridgehead atoms. The van der Waals surface area contributed by atoms with Gasteiger partial charge < -0.3 is 4.74 Å². The number of esters is 1. The molecule has 2 nitrogen and oxygen atoms in total. The summed E-state index contributed by atoms with van der Waals surface area (Å²) >= 11 is 3.30. The van der Waals surface area contributed by atoms with Gasteiger partial charge in [0.05, 0.1) is 12.5 Å². The highest BCUT2D eigenvalue weighted by Gasteiger charge is 2.62. The molecule has 0 aliphatic heterocycles. The first-order valence-electron chi connectivity index (χ1n) is 5.20. The Morgan fingerprint density at radius 2 is 2.31 bits per heavy atom. The van der Waals surface area contributed by atoms with Crippen molar-refractivity contribution < 1.29 is 13.9 Å². The number of rotatable bonds is 3. The number of carbonyl (C=O) groups is 1. The molecule has 0 radical (unpaired) electrons. The molecule has 0 amide bonds. The summed E-state index contributed by atoms with van der Waals surface area (Å²) in [5.41, 5.74) is -1.01. The molecule has 2 atom stereocenters. The predicted molar refractivity (Wildman–Crippen MR) is 61.7 cm³/mol. The number of alkyl halides is 1. The van der Waals surface area contributed by atoms with Crippen LogP contribution in [0.5, 0.6) is 0 Å². The number of hydrogen-bond donors (Lipinski definition) is 0. The van der Waals surface area contributed by atoms with Gasteiger partial charge in [-0.1, -0.05) is 34.1 Å². The van der Waals surface area contributed by atoms with Crippen molar-refractivity contribution in [2.75, 3.05) is 6.61 Å². The average Bonchev–Trinajstić information content (AvgIpc) is 2.93. The van der Waals surface area contributed by atoms with Gasteiger partial charge in [0, 0.05) is 16.5 Å². The first-order chi connectivity index (χ1) is 7.59. The van der Waals surface area contributed by atoms with E-state index in [-0.39, 0.29) is 6.42 Å². The van der Waals surface area contributed by atoms with Gasteiger partial charge in [-0.25, -0.2) is 4.39 Å². The van der Waals surface area contributed by atoms with Crippen LogP contribution in [0.25, 0.3) is 0 Å². The van der Waals surface area contributed by atoms with Crippen LogP contribution in [0.2, 0.25) is 0 Å². The highest BCUT2D eigenvalue weighted by atomic mass is 79.9. The molecule has 0 spiro atoms. The van der Waals surface area contributed by atoms with Gasteiger partial charge in [-0.15, -0.1) is 0 Å². The van der Waals surface area contributed by atoms with Gasteiger partial charge in [-0.2, -0.15) is 0 Å². The fraction of sp³-hybridized carbons (Fsp3) is 0.417. The molecule has 1 saturated carbocycles. The van der Waals surface area contributed by atoms with Gasteiger partial charge in [0.25, 0.3) is 0 Å². The second-order valence-corrected chi connectivity index (χ2v) is 4.71. The second-order valence-electron chi connectivity index (χ2n) is 3.85.